The average Bonchev–Trinajstić information content (AvgIpc) is 2.77. The van der Waals surface area contributed by atoms with Crippen molar-refractivity contribution in [2.24, 2.45) is 0 Å². The van der Waals surface area contributed by atoms with E-state index in [0.29, 0.717) is 13.0 Å². The number of hydrogen-bond donors (Lipinski definition) is 0. The summed E-state index contributed by atoms with van der Waals surface area (Å²) in [6.45, 7) is 7.01. The topological polar surface area (TPSA) is 52.1 Å². The largest absolute Gasteiger partial charge is 0.466 e. The summed E-state index contributed by atoms with van der Waals surface area (Å²) in [5, 5.41) is 0. The molecule has 1 atom stereocenters. The minimum absolute atomic E-state index is 0.110. The Morgan fingerprint density at radius 3 is 2.17 bits per heavy atom. The fourth-order valence-electron chi connectivity index (χ4n) is 3.49. The Hall–Kier alpha value is -2.23. The van der Waals surface area contributed by atoms with E-state index in [9.17, 15) is 4.79 Å². The number of esters is 1. The quantitative estimate of drug-likeness (QED) is 0.251. The Balaban J connectivity index is 1.81. The normalized spacial score (nSPS) is 12.0. The summed E-state index contributed by atoms with van der Waals surface area (Å²) in [6.07, 6.45) is 14.8. The SMILES string of the molecule is CCCCCCOC(=O)CC(C)c1ccc(-c2ncc(CCCCCC)cn2)cc1. The third-order valence-corrected chi connectivity index (χ3v) is 5.50. The first kappa shape index (κ1) is 24.0. The van der Waals surface area contributed by atoms with Crippen molar-refractivity contribution in [3.05, 3.63) is 47.8 Å². The van der Waals surface area contributed by atoms with Crippen molar-refractivity contribution < 1.29 is 9.53 Å². The van der Waals surface area contributed by atoms with Crippen molar-refractivity contribution in [2.45, 2.75) is 90.9 Å². The van der Waals surface area contributed by atoms with Gasteiger partial charge in [-0.15, -0.1) is 0 Å². The fourth-order valence-corrected chi connectivity index (χ4v) is 3.49. The molecular formula is C26H38N2O2. The van der Waals surface area contributed by atoms with Gasteiger partial charge in [-0.05, 0) is 36.3 Å². The van der Waals surface area contributed by atoms with E-state index in [1.165, 1.54) is 44.1 Å². The number of benzene rings is 1. The zero-order valence-electron chi connectivity index (χ0n) is 19.0. The van der Waals surface area contributed by atoms with E-state index in [1.54, 1.807) is 0 Å². The third kappa shape index (κ3) is 8.64. The molecule has 0 aliphatic heterocycles. The van der Waals surface area contributed by atoms with Crippen LogP contribution in [0.3, 0.4) is 0 Å². The molecule has 0 saturated carbocycles. The van der Waals surface area contributed by atoms with Gasteiger partial charge >= 0.3 is 5.97 Å². The maximum atomic E-state index is 12.0. The highest BCUT2D eigenvalue weighted by Gasteiger charge is 2.13. The maximum Gasteiger partial charge on any atom is 0.306 e. The molecule has 0 radical (unpaired) electrons. The molecule has 0 spiro atoms. The molecule has 0 aliphatic rings. The molecule has 0 aliphatic carbocycles. The molecule has 0 N–H and O–H groups in total. The van der Waals surface area contributed by atoms with E-state index in [0.717, 1.165) is 36.2 Å². The molecule has 4 heteroatoms. The maximum absolute atomic E-state index is 12.0. The summed E-state index contributed by atoms with van der Waals surface area (Å²) in [7, 11) is 0. The number of ether oxygens (including phenoxy) is 1. The van der Waals surface area contributed by atoms with E-state index in [1.807, 2.05) is 24.5 Å². The molecule has 2 aromatic rings. The van der Waals surface area contributed by atoms with E-state index < -0.39 is 0 Å². The predicted octanol–water partition coefficient (Wildman–Crippen LogP) is 6.88. The van der Waals surface area contributed by atoms with Gasteiger partial charge in [-0.2, -0.15) is 0 Å². The number of carbonyl (C=O) groups is 1. The van der Waals surface area contributed by atoms with Gasteiger partial charge in [0.15, 0.2) is 5.82 Å². The molecule has 0 bridgehead atoms. The van der Waals surface area contributed by atoms with Gasteiger partial charge in [-0.25, -0.2) is 9.97 Å². The number of unbranched alkanes of at least 4 members (excludes halogenated alkanes) is 6. The van der Waals surface area contributed by atoms with Crippen molar-refractivity contribution >= 4 is 5.97 Å². The molecule has 1 aromatic carbocycles. The highest BCUT2D eigenvalue weighted by molar-refractivity contribution is 5.70. The van der Waals surface area contributed by atoms with Gasteiger partial charge in [0.2, 0.25) is 0 Å². The van der Waals surface area contributed by atoms with Gasteiger partial charge in [-0.1, -0.05) is 83.6 Å². The lowest BCUT2D eigenvalue weighted by Gasteiger charge is -2.12. The van der Waals surface area contributed by atoms with Gasteiger partial charge in [0, 0.05) is 18.0 Å². The van der Waals surface area contributed by atoms with Crippen molar-refractivity contribution in [3.63, 3.8) is 0 Å². The highest BCUT2D eigenvalue weighted by Crippen LogP contribution is 2.23. The summed E-state index contributed by atoms with van der Waals surface area (Å²) in [5.74, 6) is 0.771. The average molecular weight is 411 g/mol. The Morgan fingerprint density at radius 1 is 0.900 bits per heavy atom. The molecule has 1 heterocycles. The van der Waals surface area contributed by atoms with E-state index >= 15 is 0 Å². The molecule has 1 aromatic heterocycles. The zero-order valence-corrected chi connectivity index (χ0v) is 19.0. The van der Waals surface area contributed by atoms with Crippen LogP contribution in [-0.2, 0) is 16.0 Å². The molecular weight excluding hydrogens is 372 g/mol. The van der Waals surface area contributed by atoms with Crippen LogP contribution in [0.1, 0.15) is 95.6 Å². The number of nitrogens with zero attached hydrogens (tertiary/aromatic N) is 2. The molecule has 2 rings (SSSR count). The number of aromatic nitrogens is 2. The van der Waals surface area contributed by atoms with Crippen LogP contribution in [0.2, 0.25) is 0 Å². The Bertz CT molecular complexity index is 726. The van der Waals surface area contributed by atoms with E-state index in [-0.39, 0.29) is 11.9 Å². The Morgan fingerprint density at radius 2 is 1.53 bits per heavy atom. The van der Waals surface area contributed by atoms with E-state index in [2.05, 4.69) is 42.9 Å². The van der Waals surface area contributed by atoms with Gasteiger partial charge in [-0.3, -0.25) is 4.79 Å². The lowest BCUT2D eigenvalue weighted by molar-refractivity contribution is -0.144. The fraction of sp³-hybridized carbons (Fsp3) is 0.577. The summed E-state index contributed by atoms with van der Waals surface area (Å²) in [5.41, 5.74) is 3.34. The molecule has 1 unspecified atom stereocenters. The molecule has 0 fully saturated rings. The smallest absolute Gasteiger partial charge is 0.306 e. The van der Waals surface area contributed by atoms with Crippen LogP contribution in [0.5, 0.6) is 0 Å². The van der Waals surface area contributed by atoms with Gasteiger partial charge in [0.05, 0.1) is 13.0 Å². The monoisotopic (exact) mass is 410 g/mol. The van der Waals surface area contributed by atoms with Crippen LogP contribution >= 0.6 is 0 Å². The van der Waals surface area contributed by atoms with Crippen molar-refractivity contribution in [3.8, 4) is 11.4 Å². The number of aryl methyl sites for hydroxylation is 1. The Kier molecular flexibility index (Phi) is 11.1. The number of carbonyl (C=O) groups excluding carboxylic acids is 1. The van der Waals surface area contributed by atoms with Crippen LogP contribution in [0.25, 0.3) is 11.4 Å². The third-order valence-electron chi connectivity index (χ3n) is 5.50. The van der Waals surface area contributed by atoms with Crippen molar-refractivity contribution in [2.75, 3.05) is 6.61 Å². The van der Waals surface area contributed by atoms with E-state index in [4.69, 9.17) is 4.74 Å². The summed E-state index contributed by atoms with van der Waals surface area (Å²) in [4.78, 5) is 21.1. The van der Waals surface area contributed by atoms with Crippen LogP contribution in [0.4, 0.5) is 0 Å². The van der Waals surface area contributed by atoms with Crippen LogP contribution in [-0.4, -0.2) is 22.5 Å². The van der Waals surface area contributed by atoms with Crippen LogP contribution in [0, 0.1) is 0 Å². The summed E-state index contributed by atoms with van der Waals surface area (Å²) >= 11 is 0. The van der Waals surface area contributed by atoms with Gasteiger partial charge in [0.1, 0.15) is 0 Å². The lowest BCUT2D eigenvalue weighted by Crippen LogP contribution is -2.09. The summed E-state index contributed by atoms with van der Waals surface area (Å²) < 4.78 is 5.37. The highest BCUT2D eigenvalue weighted by atomic mass is 16.5. The molecule has 4 nitrogen and oxygen atoms in total. The Labute approximate surface area is 182 Å². The second kappa shape index (κ2) is 13.9. The second-order valence-corrected chi connectivity index (χ2v) is 8.23. The van der Waals surface area contributed by atoms with Crippen molar-refractivity contribution in [1.29, 1.82) is 0 Å². The number of rotatable bonds is 14. The van der Waals surface area contributed by atoms with Crippen molar-refractivity contribution in [1.82, 2.24) is 9.97 Å². The van der Waals surface area contributed by atoms with Crippen LogP contribution in [0.15, 0.2) is 36.7 Å². The zero-order chi connectivity index (χ0) is 21.6. The number of hydrogen-bond acceptors (Lipinski definition) is 4. The molecule has 0 amide bonds. The standard InChI is InChI=1S/C26H38N2O2/c1-4-6-8-10-12-22-19-27-26(28-20-22)24-15-13-23(14-16-24)21(3)18-25(29)30-17-11-9-7-5-2/h13-16,19-21H,4-12,17-18H2,1-3H3. The first-order valence-corrected chi connectivity index (χ1v) is 11.7. The molecule has 30 heavy (non-hydrogen) atoms. The van der Waals surface area contributed by atoms with Gasteiger partial charge in [0.25, 0.3) is 0 Å². The molecule has 0 saturated heterocycles. The minimum atomic E-state index is -0.110. The first-order chi connectivity index (χ1) is 14.6. The molecule has 164 valence electrons. The summed E-state index contributed by atoms with van der Waals surface area (Å²) in [6, 6.07) is 8.21. The second-order valence-electron chi connectivity index (χ2n) is 8.23. The predicted molar refractivity (Wildman–Crippen MR) is 123 cm³/mol. The van der Waals surface area contributed by atoms with Crippen LogP contribution < -0.4 is 0 Å². The van der Waals surface area contributed by atoms with Gasteiger partial charge < -0.3 is 4.74 Å². The minimum Gasteiger partial charge on any atom is -0.466 e. The first-order valence-electron chi connectivity index (χ1n) is 11.7. The lowest BCUT2D eigenvalue weighted by atomic mass is 9.96.